The number of carbonyl (C=O) groups is 1. The van der Waals surface area contributed by atoms with E-state index in [0.717, 1.165) is 30.5 Å². The second kappa shape index (κ2) is 7.57. The molecule has 1 N–H and O–H groups in total. The summed E-state index contributed by atoms with van der Waals surface area (Å²) in [6.07, 6.45) is 3.47. The number of rotatable bonds is 4. The van der Waals surface area contributed by atoms with Crippen LogP contribution in [0.25, 0.3) is 11.5 Å². The van der Waals surface area contributed by atoms with Gasteiger partial charge in [-0.3, -0.25) is 4.79 Å². The number of piperidine rings is 1. The van der Waals surface area contributed by atoms with Crippen molar-refractivity contribution in [2.45, 2.75) is 19.8 Å². The molecule has 1 amide bonds. The Kier molecular flexibility index (Phi) is 4.82. The third-order valence-electron chi connectivity index (χ3n) is 4.67. The Bertz CT molecular complexity index is 908. The molecule has 2 aromatic heterocycles. The zero-order valence-corrected chi connectivity index (χ0v) is 15.1. The van der Waals surface area contributed by atoms with Crippen molar-refractivity contribution in [3.05, 3.63) is 54.2 Å². The van der Waals surface area contributed by atoms with Crippen LogP contribution in [0, 0.1) is 12.8 Å². The quantitative estimate of drug-likeness (QED) is 0.766. The standard InChI is InChI=1S/C20H21N5O2/c1-14-9-10-17(21-12-14)22-18(26)16-8-5-11-25(13-16)20-23-19(27-24-20)15-6-3-2-4-7-15/h2-4,6-7,9-10,12,16H,5,8,11,13H2,1H3,(H,21,22,26). The summed E-state index contributed by atoms with van der Waals surface area (Å²) in [4.78, 5) is 23.4. The number of amides is 1. The van der Waals surface area contributed by atoms with Crippen LogP contribution >= 0.6 is 0 Å². The second-order valence-corrected chi connectivity index (χ2v) is 6.76. The highest BCUT2D eigenvalue weighted by Crippen LogP contribution is 2.25. The Labute approximate surface area is 157 Å². The smallest absolute Gasteiger partial charge is 0.266 e. The fraction of sp³-hybridized carbons (Fsp3) is 0.300. The lowest BCUT2D eigenvalue weighted by Crippen LogP contribution is -2.41. The van der Waals surface area contributed by atoms with E-state index < -0.39 is 0 Å². The van der Waals surface area contributed by atoms with E-state index in [1.807, 2.05) is 54.3 Å². The molecule has 27 heavy (non-hydrogen) atoms. The third-order valence-corrected chi connectivity index (χ3v) is 4.67. The van der Waals surface area contributed by atoms with Crippen LogP contribution in [-0.2, 0) is 4.79 Å². The van der Waals surface area contributed by atoms with Gasteiger partial charge in [0.2, 0.25) is 5.91 Å². The van der Waals surface area contributed by atoms with E-state index in [1.54, 1.807) is 6.20 Å². The Balaban J connectivity index is 1.43. The molecule has 0 bridgehead atoms. The number of hydrogen-bond donors (Lipinski definition) is 1. The van der Waals surface area contributed by atoms with Gasteiger partial charge in [0, 0.05) is 24.8 Å². The molecule has 1 aromatic carbocycles. The molecule has 0 spiro atoms. The molecule has 1 saturated heterocycles. The van der Waals surface area contributed by atoms with Crippen molar-refractivity contribution in [2.24, 2.45) is 5.92 Å². The van der Waals surface area contributed by atoms with Crippen LogP contribution in [-0.4, -0.2) is 34.1 Å². The molecule has 3 aromatic rings. The number of nitrogens with one attached hydrogen (secondary N) is 1. The van der Waals surface area contributed by atoms with E-state index >= 15 is 0 Å². The summed E-state index contributed by atoms with van der Waals surface area (Å²) in [7, 11) is 0. The lowest BCUT2D eigenvalue weighted by Gasteiger charge is -2.30. The van der Waals surface area contributed by atoms with E-state index in [4.69, 9.17) is 4.52 Å². The highest BCUT2D eigenvalue weighted by atomic mass is 16.5. The Morgan fingerprint density at radius 2 is 2.07 bits per heavy atom. The Hall–Kier alpha value is -3.22. The predicted molar refractivity (Wildman–Crippen MR) is 102 cm³/mol. The molecule has 7 heteroatoms. The van der Waals surface area contributed by atoms with Crippen molar-refractivity contribution in [1.29, 1.82) is 0 Å². The number of benzene rings is 1. The van der Waals surface area contributed by atoms with Gasteiger partial charge in [-0.05, 0) is 48.7 Å². The number of carbonyl (C=O) groups excluding carboxylic acids is 1. The van der Waals surface area contributed by atoms with Gasteiger partial charge >= 0.3 is 0 Å². The first-order chi connectivity index (χ1) is 13.2. The summed E-state index contributed by atoms with van der Waals surface area (Å²) in [5, 5.41) is 7.00. The lowest BCUT2D eigenvalue weighted by atomic mass is 9.97. The molecule has 0 radical (unpaired) electrons. The predicted octanol–water partition coefficient (Wildman–Crippen LogP) is 3.30. The summed E-state index contributed by atoms with van der Waals surface area (Å²) in [5.74, 6) is 1.43. The van der Waals surface area contributed by atoms with Crippen molar-refractivity contribution < 1.29 is 9.32 Å². The summed E-state index contributed by atoms with van der Waals surface area (Å²) >= 11 is 0. The van der Waals surface area contributed by atoms with Gasteiger partial charge in [-0.25, -0.2) is 4.98 Å². The molecular formula is C20H21N5O2. The minimum Gasteiger partial charge on any atom is -0.337 e. The van der Waals surface area contributed by atoms with E-state index in [0.29, 0.717) is 24.2 Å². The van der Waals surface area contributed by atoms with Crippen LogP contribution in [0.15, 0.2) is 53.2 Å². The van der Waals surface area contributed by atoms with Gasteiger partial charge in [-0.1, -0.05) is 24.3 Å². The van der Waals surface area contributed by atoms with Crippen molar-refractivity contribution >= 4 is 17.7 Å². The average Bonchev–Trinajstić information content (AvgIpc) is 3.21. The first kappa shape index (κ1) is 17.2. The van der Waals surface area contributed by atoms with Crippen LogP contribution in [0.5, 0.6) is 0 Å². The second-order valence-electron chi connectivity index (χ2n) is 6.76. The highest BCUT2D eigenvalue weighted by Gasteiger charge is 2.28. The van der Waals surface area contributed by atoms with Gasteiger partial charge in [0.25, 0.3) is 11.8 Å². The molecule has 1 atom stereocenters. The van der Waals surface area contributed by atoms with Crippen molar-refractivity contribution in [3.63, 3.8) is 0 Å². The number of hydrogen-bond acceptors (Lipinski definition) is 6. The van der Waals surface area contributed by atoms with E-state index in [1.165, 1.54) is 0 Å². The van der Waals surface area contributed by atoms with Crippen LogP contribution in [0.4, 0.5) is 11.8 Å². The van der Waals surface area contributed by atoms with Gasteiger partial charge in [-0.2, -0.15) is 4.98 Å². The van der Waals surface area contributed by atoms with Crippen LogP contribution in [0.3, 0.4) is 0 Å². The van der Waals surface area contributed by atoms with Crippen molar-refractivity contribution in [2.75, 3.05) is 23.3 Å². The number of aryl methyl sites for hydroxylation is 1. The van der Waals surface area contributed by atoms with Gasteiger partial charge in [0.05, 0.1) is 5.92 Å². The maximum Gasteiger partial charge on any atom is 0.266 e. The molecule has 1 unspecified atom stereocenters. The SMILES string of the molecule is Cc1ccc(NC(=O)C2CCCN(c3noc(-c4ccccc4)n3)C2)nc1. The van der Waals surface area contributed by atoms with Crippen LogP contribution in [0.1, 0.15) is 18.4 Å². The third kappa shape index (κ3) is 3.97. The van der Waals surface area contributed by atoms with Crippen molar-refractivity contribution in [1.82, 2.24) is 15.1 Å². The molecule has 1 aliphatic rings. The lowest BCUT2D eigenvalue weighted by molar-refractivity contribution is -0.120. The van der Waals surface area contributed by atoms with Gasteiger partial charge in [-0.15, -0.1) is 0 Å². The Morgan fingerprint density at radius 1 is 1.22 bits per heavy atom. The largest absolute Gasteiger partial charge is 0.337 e. The van der Waals surface area contributed by atoms with Gasteiger partial charge < -0.3 is 14.7 Å². The van der Waals surface area contributed by atoms with Gasteiger partial charge in [0.1, 0.15) is 5.82 Å². The fourth-order valence-corrected chi connectivity index (χ4v) is 3.18. The maximum atomic E-state index is 12.6. The summed E-state index contributed by atoms with van der Waals surface area (Å²) in [5.41, 5.74) is 1.94. The van der Waals surface area contributed by atoms with Crippen LogP contribution < -0.4 is 10.2 Å². The molecular weight excluding hydrogens is 342 g/mol. The number of aromatic nitrogens is 3. The minimum atomic E-state index is -0.138. The van der Waals surface area contributed by atoms with Gasteiger partial charge in [0.15, 0.2) is 0 Å². The molecule has 1 aliphatic heterocycles. The molecule has 3 heterocycles. The van der Waals surface area contributed by atoms with E-state index in [2.05, 4.69) is 20.4 Å². The first-order valence-electron chi connectivity index (χ1n) is 9.06. The molecule has 0 aliphatic carbocycles. The summed E-state index contributed by atoms with van der Waals surface area (Å²) in [6.45, 7) is 3.33. The van der Waals surface area contributed by atoms with Crippen LogP contribution in [0.2, 0.25) is 0 Å². The monoisotopic (exact) mass is 363 g/mol. The first-order valence-corrected chi connectivity index (χ1v) is 9.06. The minimum absolute atomic E-state index is 0.0252. The topological polar surface area (TPSA) is 84.2 Å². The van der Waals surface area contributed by atoms with E-state index in [9.17, 15) is 4.79 Å². The average molecular weight is 363 g/mol. The maximum absolute atomic E-state index is 12.6. The fourth-order valence-electron chi connectivity index (χ4n) is 3.18. The summed E-state index contributed by atoms with van der Waals surface area (Å²) < 4.78 is 5.39. The highest BCUT2D eigenvalue weighted by molar-refractivity contribution is 5.92. The molecule has 1 fully saturated rings. The van der Waals surface area contributed by atoms with Crippen molar-refractivity contribution in [3.8, 4) is 11.5 Å². The molecule has 7 nitrogen and oxygen atoms in total. The Morgan fingerprint density at radius 3 is 2.85 bits per heavy atom. The number of anilines is 2. The zero-order valence-electron chi connectivity index (χ0n) is 15.1. The molecule has 4 rings (SSSR count). The number of pyridine rings is 1. The normalized spacial score (nSPS) is 16.9. The summed E-state index contributed by atoms with van der Waals surface area (Å²) in [6, 6.07) is 13.4. The molecule has 138 valence electrons. The zero-order chi connectivity index (χ0) is 18.6. The number of nitrogens with zero attached hydrogens (tertiary/aromatic N) is 4. The van der Waals surface area contributed by atoms with E-state index in [-0.39, 0.29) is 11.8 Å². The molecule has 0 saturated carbocycles.